The zero-order valence-electron chi connectivity index (χ0n) is 17.5. The van der Waals surface area contributed by atoms with Gasteiger partial charge in [0.05, 0.1) is 18.7 Å². The van der Waals surface area contributed by atoms with Gasteiger partial charge in [-0.1, -0.05) is 37.1 Å². The van der Waals surface area contributed by atoms with E-state index in [4.69, 9.17) is 0 Å². The van der Waals surface area contributed by atoms with Crippen LogP contribution >= 0.6 is 0 Å². The molecule has 31 heavy (non-hydrogen) atoms. The van der Waals surface area contributed by atoms with Crippen LogP contribution in [0.3, 0.4) is 0 Å². The molecule has 0 bridgehead atoms. The standard InChI is InChI=1S/C24H28N4O3/c29-15-21-23(18-7-5-16(6-8-18)17-9-11-25-12-10-17)20-13-27(14-22(30)28(20)21)24(31)26-19-3-1-2-4-19/h5-12,19-21,23,29H,1-4,13-15H2,(H,26,31)/t20-,21-,23+/m1/s1. The van der Waals surface area contributed by atoms with Crippen molar-refractivity contribution in [3.8, 4) is 11.1 Å². The van der Waals surface area contributed by atoms with Gasteiger partial charge in [0.15, 0.2) is 0 Å². The van der Waals surface area contributed by atoms with Gasteiger partial charge in [-0.05, 0) is 41.7 Å². The number of nitrogens with one attached hydrogen (secondary N) is 1. The van der Waals surface area contributed by atoms with Gasteiger partial charge in [0.25, 0.3) is 0 Å². The van der Waals surface area contributed by atoms with Gasteiger partial charge < -0.3 is 20.2 Å². The Hall–Kier alpha value is -2.93. The first-order chi connectivity index (χ1) is 15.2. The minimum atomic E-state index is -0.232. The monoisotopic (exact) mass is 420 g/mol. The Labute approximate surface area is 182 Å². The molecule has 1 aliphatic carbocycles. The number of piperazine rings is 1. The minimum Gasteiger partial charge on any atom is -0.394 e. The van der Waals surface area contributed by atoms with Crippen LogP contribution in [-0.4, -0.2) is 69.7 Å². The SMILES string of the molecule is O=C(NC1CCCC1)N1CC(=O)N2[C@H](CO)[C@@H](c3ccc(-c4ccncc4)cc3)[C@H]2C1. The van der Waals surface area contributed by atoms with Crippen molar-refractivity contribution in [3.63, 3.8) is 0 Å². The van der Waals surface area contributed by atoms with E-state index in [-0.39, 0.29) is 49.1 Å². The summed E-state index contributed by atoms with van der Waals surface area (Å²) in [6, 6.07) is 12.0. The smallest absolute Gasteiger partial charge is 0.318 e. The molecule has 2 saturated heterocycles. The molecule has 2 aromatic rings. The van der Waals surface area contributed by atoms with Crippen molar-refractivity contribution in [2.45, 2.75) is 49.7 Å². The third kappa shape index (κ3) is 3.67. The molecule has 3 heterocycles. The van der Waals surface area contributed by atoms with Crippen LogP contribution in [0.1, 0.15) is 37.2 Å². The average Bonchev–Trinajstić information content (AvgIpc) is 3.29. The van der Waals surface area contributed by atoms with E-state index in [9.17, 15) is 14.7 Å². The highest BCUT2D eigenvalue weighted by atomic mass is 16.3. The van der Waals surface area contributed by atoms with Crippen molar-refractivity contribution >= 4 is 11.9 Å². The Morgan fingerprint density at radius 1 is 1.06 bits per heavy atom. The molecule has 162 valence electrons. The fourth-order valence-electron chi connectivity index (χ4n) is 5.43. The molecular formula is C24H28N4O3. The summed E-state index contributed by atoms with van der Waals surface area (Å²) in [5, 5.41) is 13.1. The molecule has 2 aliphatic heterocycles. The van der Waals surface area contributed by atoms with Gasteiger partial charge in [-0.3, -0.25) is 9.78 Å². The van der Waals surface area contributed by atoms with Crippen molar-refractivity contribution in [3.05, 3.63) is 54.4 Å². The molecule has 3 aliphatic rings. The number of aromatic nitrogens is 1. The number of hydrogen-bond donors (Lipinski definition) is 2. The number of carbonyl (C=O) groups is 2. The maximum Gasteiger partial charge on any atom is 0.318 e. The predicted molar refractivity (Wildman–Crippen MR) is 116 cm³/mol. The van der Waals surface area contributed by atoms with Crippen LogP contribution < -0.4 is 5.32 Å². The van der Waals surface area contributed by atoms with Gasteiger partial charge >= 0.3 is 6.03 Å². The maximum absolute atomic E-state index is 12.8. The third-order valence-corrected chi connectivity index (χ3v) is 7.03. The van der Waals surface area contributed by atoms with E-state index >= 15 is 0 Å². The van der Waals surface area contributed by atoms with E-state index in [0.29, 0.717) is 6.54 Å². The molecule has 3 atom stereocenters. The third-order valence-electron chi connectivity index (χ3n) is 7.03. The molecule has 3 fully saturated rings. The Balaban J connectivity index is 1.33. The summed E-state index contributed by atoms with van der Waals surface area (Å²) in [4.78, 5) is 33.0. The number of amides is 3. The topological polar surface area (TPSA) is 85.8 Å². The van der Waals surface area contributed by atoms with E-state index in [1.807, 2.05) is 12.1 Å². The highest BCUT2D eigenvalue weighted by Crippen LogP contribution is 2.43. The maximum atomic E-state index is 12.8. The lowest BCUT2D eigenvalue weighted by atomic mass is 9.73. The lowest BCUT2D eigenvalue weighted by molar-refractivity contribution is -0.159. The van der Waals surface area contributed by atoms with Crippen molar-refractivity contribution in [1.29, 1.82) is 0 Å². The van der Waals surface area contributed by atoms with Gasteiger partial charge in [0, 0.05) is 30.9 Å². The Kier molecular flexibility index (Phi) is 5.36. The molecule has 0 spiro atoms. The first-order valence-corrected chi connectivity index (χ1v) is 11.1. The summed E-state index contributed by atoms with van der Waals surface area (Å²) >= 11 is 0. The van der Waals surface area contributed by atoms with Crippen molar-refractivity contribution < 1.29 is 14.7 Å². The van der Waals surface area contributed by atoms with Crippen LogP contribution in [0.25, 0.3) is 11.1 Å². The van der Waals surface area contributed by atoms with Gasteiger partial charge in [0.2, 0.25) is 5.91 Å². The lowest BCUT2D eigenvalue weighted by Gasteiger charge is -2.58. The molecule has 0 radical (unpaired) electrons. The van der Waals surface area contributed by atoms with Gasteiger partial charge in [-0.15, -0.1) is 0 Å². The minimum absolute atomic E-state index is 0.0162. The van der Waals surface area contributed by atoms with Crippen LogP contribution in [0, 0.1) is 0 Å². The zero-order valence-corrected chi connectivity index (χ0v) is 17.5. The number of aliphatic hydroxyl groups is 1. The largest absolute Gasteiger partial charge is 0.394 e. The van der Waals surface area contributed by atoms with Crippen LogP contribution in [0.15, 0.2) is 48.8 Å². The van der Waals surface area contributed by atoms with Crippen molar-refractivity contribution in [2.24, 2.45) is 0 Å². The molecule has 3 amide bonds. The molecule has 1 aromatic heterocycles. The van der Waals surface area contributed by atoms with Crippen LogP contribution in [0.2, 0.25) is 0 Å². The number of pyridine rings is 1. The second kappa shape index (κ2) is 8.30. The average molecular weight is 421 g/mol. The highest BCUT2D eigenvalue weighted by Gasteiger charge is 2.54. The van der Waals surface area contributed by atoms with Gasteiger partial charge in [-0.2, -0.15) is 0 Å². The van der Waals surface area contributed by atoms with E-state index in [1.54, 1.807) is 22.2 Å². The molecule has 7 heteroatoms. The number of carbonyl (C=O) groups excluding carboxylic acids is 2. The molecule has 0 unspecified atom stereocenters. The Bertz CT molecular complexity index is 943. The quantitative estimate of drug-likeness (QED) is 0.795. The van der Waals surface area contributed by atoms with E-state index in [0.717, 1.165) is 42.4 Å². The first-order valence-electron chi connectivity index (χ1n) is 11.1. The second-order valence-corrected chi connectivity index (χ2v) is 8.81. The van der Waals surface area contributed by atoms with E-state index in [1.165, 1.54) is 0 Å². The fourth-order valence-corrected chi connectivity index (χ4v) is 5.43. The summed E-state index contributed by atoms with van der Waals surface area (Å²) in [5.74, 6) is -0.0657. The summed E-state index contributed by atoms with van der Waals surface area (Å²) in [6.45, 7) is 0.504. The number of hydrogen-bond acceptors (Lipinski definition) is 4. The van der Waals surface area contributed by atoms with Crippen LogP contribution in [-0.2, 0) is 4.79 Å². The number of aliphatic hydroxyl groups excluding tert-OH is 1. The molecule has 1 saturated carbocycles. The van der Waals surface area contributed by atoms with Crippen LogP contribution in [0.4, 0.5) is 4.79 Å². The molecule has 5 rings (SSSR count). The van der Waals surface area contributed by atoms with Crippen molar-refractivity contribution in [1.82, 2.24) is 20.1 Å². The highest BCUT2D eigenvalue weighted by molar-refractivity contribution is 5.87. The predicted octanol–water partition coefficient (Wildman–Crippen LogP) is 2.37. The number of fused-ring (bicyclic) bond motifs is 1. The molecule has 2 N–H and O–H groups in total. The zero-order chi connectivity index (χ0) is 21.4. The summed E-state index contributed by atoms with van der Waals surface area (Å²) in [6.07, 6.45) is 7.87. The fraction of sp³-hybridized carbons (Fsp3) is 0.458. The molecule has 7 nitrogen and oxygen atoms in total. The number of urea groups is 1. The Morgan fingerprint density at radius 2 is 1.74 bits per heavy atom. The lowest BCUT2D eigenvalue weighted by Crippen LogP contribution is -2.74. The van der Waals surface area contributed by atoms with E-state index < -0.39 is 0 Å². The Morgan fingerprint density at radius 3 is 2.42 bits per heavy atom. The summed E-state index contributed by atoms with van der Waals surface area (Å²) in [5.41, 5.74) is 3.28. The van der Waals surface area contributed by atoms with Crippen molar-refractivity contribution in [2.75, 3.05) is 19.7 Å². The van der Waals surface area contributed by atoms with E-state index in [2.05, 4.69) is 34.6 Å². The normalized spacial score (nSPS) is 25.8. The summed E-state index contributed by atoms with van der Waals surface area (Å²) < 4.78 is 0. The van der Waals surface area contributed by atoms with Crippen LogP contribution in [0.5, 0.6) is 0 Å². The molecular weight excluding hydrogens is 392 g/mol. The second-order valence-electron chi connectivity index (χ2n) is 8.81. The first kappa shape index (κ1) is 20.0. The molecule has 1 aromatic carbocycles. The summed E-state index contributed by atoms with van der Waals surface area (Å²) in [7, 11) is 0. The number of rotatable bonds is 4. The van der Waals surface area contributed by atoms with Gasteiger partial charge in [0.1, 0.15) is 6.54 Å². The van der Waals surface area contributed by atoms with Gasteiger partial charge in [-0.25, -0.2) is 4.79 Å². The number of nitrogens with zero attached hydrogens (tertiary/aromatic N) is 3. The number of benzene rings is 1.